The van der Waals surface area contributed by atoms with Gasteiger partial charge in [0.1, 0.15) is 5.75 Å². The lowest BCUT2D eigenvalue weighted by atomic mass is 10.2. The van der Waals surface area contributed by atoms with Crippen molar-refractivity contribution in [1.82, 2.24) is 9.58 Å². The number of nitrogens with zero attached hydrogens (tertiary/aromatic N) is 3. The highest BCUT2D eigenvalue weighted by Crippen LogP contribution is 2.22. The number of ether oxygens (including phenoxy) is 1. The van der Waals surface area contributed by atoms with Crippen LogP contribution in [0.2, 0.25) is 0 Å². The van der Waals surface area contributed by atoms with Gasteiger partial charge in [-0.3, -0.25) is 5.01 Å². The summed E-state index contributed by atoms with van der Waals surface area (Å²) < 4.78 is 7.37. The van der Waals surface area contributed by atoms with E-state index in [4.69, 9.17) is 10.5 Å². The smallest absolute Gasteiger partial charge is 0.119 e. The number of rotatable bonds is 7. The molecule has 25 heavy (non-hydrogen) atoms. The van der Waals surface area contributed by atoms with Gasteiger partial charge >= 0.3 is 0 Å². The zero-order valence-electron chi connectivity index (χ0n) is 14.3. The summed E-state index contributed by atoms with van der Waals surface area (Å²) in [7, 11) is 1.67. The third kappa shape index (κ3) is 4.01. The van der Waals surface area contributed by atoms with Crippen molar-refractivity contribution in [2.75, 3.05) is 7.11 Å². The number of hydrogen-bond donors (Lipinski definition) is 1. The van der Waals surface area contributed by atoms with Gasteiger partial charge in [0.2, 0.25) is 0 Å². The quantitative estimate of drug-likeness (QED) is 0.531. The van der Waals surface area contributed by atoms with Gasteiger partial charge in [-0.1, -0.05) is 30.3 Å². The van der Waals surface area contributed by atoms with E-state index in [1.807, 2.05) is 48.8 Å². The summed E-state index contributed by atoms with van der Waals surface area (Å²) in [5, 5.41) is 6.91. The van der Waals surface area contributed by atoms with Gasteiger partial charge in [0.05, 0.1) is 20.2 Å². The normalized spacial score (nSPS) is 11.5. The van der Waals surface area contributed by atoms with Crippen LogP contribution in [0.3, 0.4) is 0 Å². The van der Waals surface area contributed by atoms with Gasteiger partial charge < -0.3 is 15.0 Å². The average molecular weight is 334 g/mol. The molecule has 128 valence electrons. The predicted octanol–water partition coefficient (Wildman–Crippen LogP) is 3.57. The Morgan fingerprint density at radius 3 is 2.76 bits per heavy atom. The Balaban J connectivity index is 1.75. The van der Waals surface area contributed by atoms with Crippen molar-refractivity contribution < 1.29 is 4.74 Å². The highest BCUT2D eigenvalue weighted by Gasteiger charge is 2.05. The predicted molar refractivity (Wildman–Crippen MR) is 102 cm³/mol. The van der Waals surface area contributed by atoms with Crippen LogP contribution in [0, 0.1) is 0 Å². The second-order valence-electron chi connectivity index (χ2n) is 5.80. The van der Waals surface area contributed by atoms with E-state index in [0.29, 0.717) is 18.8 Å². The second-order valence-corrected chi connectivity index (χ2v) is 5.80. The summed E-state index contributed by atoms with van der Waals surface area (Å²) in [5.41, 5.74) is 9.19. The summed E-state index contributed by atoms with van der Waals surface area (Å²) in [6.45, 7) is 4.84. The van der Waals surface area contributed by atoms with Crippen LogP contribution in [-0.4, -0.2) is 23.4 Å². The molecular formula is C20H22N4O. The second kappa shape index (κ2) is 7.57. The first-order valence-corrected chi connectivity index (χ1v) is 8.06. The number of methoxy groups -OCH3 is 1. The van der Waals surface area contributed by atoms with E-state index in [0.717, 1.165) is 22.2 Å². The molecule has 0 atom stereocenters. The summed E-state index contributed by atoms with van der Waals surface area (Å²) in [4.78, 5) is 0. The molecule has 5 heteroatoms. The molecule has 3 aromatic rings. The highest BCUT2D eigenvalue weighted by molar-refractivity contribution is 5.81. The molecule has 0 radical (unpaired) electrons. The molecule has 0 unspecified atom stereocenters. The van der Waals surface area contributed by atoms with Gasteiger partial charge in [-0.05, 0) is 29.8 Å². The maximum atomic E-state index is 6.23. The molecule has 0 fully saturated rings. The van der Waals surface area contributed by atoms with Crippen molar-refractivity contribution in [3.8, 4) is 5.75 Å². The van der Waals surface area contributed by atoms with E-state index >= 15 is 0 Å². The van der Waals surface area contributed by atoms with E-state index in [1.54, 1.807) is 12.1 Å². The van der Waals surface area contributed by atoms with Gasteiger partial charge in [0, 0.05) is 35.7 Å². The van der Waals surface area contributed by atoms with Gasteiger partial charge in [0.25, 0.3) is 0 Å². The lowest BCUT2D eigenvalue weighted by molar-refractivity contribution is 0.390. The third-order valence-electron chi connectivity index (χ3n) is 4.01. The lowest BCUT2D eigenvalue weighted by Crippen LogP contribution is -2.15. The minimum atomic E-state index is 0.580. The number of nitrogens with two attached hydrogens (primary N) is 1. The van der Waals surface area contributed by atoms with Crippen LogP contribution >= 0.6 is 0 Å². The first kappa shape index (κ1) is 16.6. The van der Waals surface area contributed by atoms with Crippen molar-refractivity contribution in [1.29, 1.82) is 0 Å². The lowest BCUT2D eigenvalue weighted by Gasteiger charge is -2.15. The zero-order valence-corrected chi connectivity index (χ0v) is 14.3. The summed E-state index contributed by atoms with van der Waals surface area (Å²) >= 11 is 0. The molecule has 0 spiro atoms. The van der Waals surface area contributed by atoms with Crippen molar-refractivity contribution in [3.63, 3.8) is 0 Å². The van der Waals surface area contributed by atoms with E-state index in [2.05, 4.69) is 34.6 Å². The zero-order chi connectivity index (χ0) is 17.6. The monoisotopic (exact) mass is 334 g/mol. The fourth-order valence-electron chi connectivity index (χ4n) is 2.78. The molecule has 0 aliphatic carbocycles. The van der Waals surface area contributed by atoms with Crippen LogP contribution < -0.4 is 10.5 Å². The van der Waals surface area contributed by atoms with E-state index in [1.165, 1.54) is 0 Å². The molecule has 2 N–H and O–H groups in total. The Labute approximate surface area is 147 Å². The van der Waals surface area contributed by atoms with Crippen LogP contribution in [-0.2, 0) is 13.1 Å². The molecule has 1 aromatic heterocycles. The maximum Gasteiger partial charge on any atom is 0.119 e. The SMILES string of the molecule is C=NN(/C=C(\N)Cn1ccc2cc(OC)ccc21)Cc1ccccc1. The van der Waals surface area contributed by atoms with Crippen molar-refractivity contribution in [2.24, 2.45) is 10.8 Å². The van der Waals surface area contributed by atoms with Crippen molar-refractivity contribution >= 4 is 17.6 Å². The van der Waals surface area contributed by atoms with E-state index in [9.17, 15) is 0 Å². The molecule has 5 nitrogen and oxygen atoms in total. The van der Waals surface area contributed by atoms with Crippen LogP contribution in [0.25, 0.3) is 10.9 Å². The molecule has 0 aliphatic heterocycles. The third-order valence-corrected chi connectivity index (χ3v) is 4.01. The minimum absolute atomic E-state index is 0.580. The Hall–Kier alpha value is -3.21. The number of benzene rings is 2. The van der Waals surface area contributed by atoms with Gasteiger partial charge in [-0.2, -0.15) is 5.10 Å². The Kier molecular flexibility index (Phi) is 5.04. The fraction of sp³-hybridized carbons (Fsp3) is 0.150. The van der Waals surface area contributed by atoms with Crippen LogP contribution in [0.1, 0.15) is 5.56 Å². The van der Waals surface area contributed by atoms with Gasteiger partial charge in [-0.25, -0.2) is 0 Å². The van der Waals surface area contributed by atoms with E-state index in [-0.39, 0.29) is 0 Å². The fourth-order valence-corrected chi connectivity index (χ4v) is 2.78. The summed E-state index contributed by atoms with van der Waals surface area (Å²) in [5.74, 6) is 0.846. The molecule has 3 rings (SSSR count). The Bertz CT molecular complexity index is 883. The number of hydrogen-bond acceptors (Lipinski definition) is 4. The van der Waals surface area contributed by atoms with Crippen LogP contribution in [0.4, 0.5) is 0 Å². The summed E-state index contributed by atoms with van der Waals surface area (Å²) in [6, 6.07) is 18.2. The standard InChI is InChI=1S/C20H22N4O/c1-22-24(13-16-6-4-3-5-7-16)15-18(21)14-23-11-10-17-12-19(25-2)8-9-20(17)23/h3-12,15H,1,13-14,21H2,2H3/b18-15-. The molecule has 0 saturated carbocycles. The molecule has 2 aromatic carbocycles. The molecule has 1 heterocycles. The Morgan fingerprint density at radius 1 is 1.24 bits per heavy atom. The Morgan fingerprint density at radius 2 is 2.04 bits per heavy atom. The van der Waals surface area contributed by atoms with Gasteiger partial charge in [0.15, 0.2) is 0 Å². The molecular weight excluding hydrogens is 312 g/mol. The molecule has 0 saturated heterocycles. The minimum Gasteiger partial charge on any atom is -0.497 e. The van der Waals surface area contributed by atoms with Crippen molar-refractivity contribution in [2.45, 2.75) is 13.1 Å². The van der Waals surface area contributed by atoms with E-state index < -0.39 is 0 Å². The molecule has 0 aliphatic rings. The maximum absolute atomic E-state index is 6.23. The van der Waals surface area contributed by atoms with Crippen molar-refractivity contribution in [3.05, 3.63) is 78.3 Å². The number of hydrazone groups is 1. The molecule has 0 amide bonds. The average Bonchev–Trinajstić information content (AvgIpc) is 3.03. The first-order valence-electron chi connectivity index (χ1n) is 8.06. The highest BCUT2D eigenvalue weighted by atomic mass is 16.5. The number of fused-ring (bicyclic) bond motifs is 1. The van der Waals surface area contributed by atoms with Crippen LogP contribution in [0.5, 0.6) is 5.75 Å². The number of allylic oxidation sites excluding steroid dienone is 1. The van der Waals surface area contributed by atoms with Crippen LogP contribution in [0.15, 0.2) is 77.8 Å². The first-order chi connectivity index (χ1) is 12.2. The summed E-state index contributed by atoms with van der Waals surface area (Å²) in [6.07, 6.45) is 3.85. The van der Waals surface area contributed by atoms with Gasteiger partial charge in [-0.15, -0.1) is 0 Å². The number of aromatic nitrogens is 1. The topological polar surface area (TPSA) is 55.8 Å². The largest absolute Gasteiger partial charge is 0.497 e. The molecule has 0 bridgehead atoms.